The number of rotatable bonds is 0. The predicted octanol–water partition coefficient (Wildman–Crippen LogP) is 3.03. The van der Waals surface area contributed by atoms with E-state index in [4.69, 9.17) is 21.4 Å². The van der Waals surface area contributed by atoms with Crippen molar-refractivity contribution >= 4 is 17.4 Å². The molecule has 2 amide bonds. The summed E-state index contributed by atoms with van der Waals surface area (Å²) in [6, 6.07) is -2.05. The molecular formula is C15H12N2O2. The number of carbonyl (C=O) groups is 1. The molecule has 94 valence electrons. The van der Waals surface area contributed by atoms with Crippen LogP contribution >= 0.6 is 0 Å². The molecule has 0 aromatic heterocycles. The minimum atomic E-state index is -2.12. The third-order valence-corrected chi connectivity index (χ3v) is 2.97. The summed E-state index contributed by atoms with van der Waals surface area (Å²) in [6.45, 7) is 0. The van der Waals surface area contributed by atoms with Gasteiger partial charge in [0.25, 0.3) is 0 Å². The van der Waals surface area contributed by atoms with E-state index < -0.39 is 54.4 Å². The Hall–Kier alpha value is -2.33. The first-order chi connectivity index (χ1) is 12.5. The van der Waals surface area contributed by atoms with Crippen LogP contribution in [0.1, 0.15) is 34.3 Å². The fourth-order valence-corrected chi connectivity index (χ4v) is 2.14. The lowest BCUT2D eigenvalue weighted by Crippen LogP contribution is -2.32. The van der Waals surface area contributed by atoms with E-state index in [-0.39, 0.29) is 22.5 Å². The number of fused-ring (bicyclic) bond motifs is 5. The minimum absolute atomic E-state index is 0.184. The molecule has 4 heteroatoms. The van der Waals surface area contributed by atoms with Crippen molar-refractivity contribution in [3.63, 3.8) is 0 Å². The molecule has 2 aromatic rings. The Balaban J connectivity index is 2.22. The topological polar surface area (TPSA) is 58.9 Å². The molecule has 1 fully saturated rings. The molecular weight excluding hydrogens is 240 g/mol. The number of para-hydroxylation sites is 2. The SMILES string of the molecule is [2H]c1cc2c(c([2H])c1[2H])N(C(N)=O)c1c(cc([2H])c([2H])c1[2H])C1([2H])OC21[2H]. The quantitative estimate of drug-likeness (QED) is 0.740. The minimum Gasteiger partial charge on any atom is -0.359 e. The smallest absolute Gasteiger partial charge is 0.323 e. The third kappa shape index (κ3) is 1.40. The van der Waals surface area contributed by atoms with Crippen LogP contribution in [0.4, 0.5) is 16.2 Å². The van der Waals surface area contributed by atoms with Crippen molar-refractivity contribution in [2.75, 3.05) is 4.90 Å². The van der Waals surface area contributed by atoms with E-state index in [0.717, 1.165) is 12.1 Å². The van der Waals surface area contributed by atoms with Crippen LogP contribution < -0.4 is 10.6 Å². The van der Waals surface area contributed by atoms with E-state index >= 15 is 0 Å². The molecule has 1 saturated heterocycles. The average molecular weight is 260 g/mol. The Bertz CT molecular complexity index is 986. The summed E-state index contributed by atoms with van der Waals surface area (Å²) < 4.78 is 70.2. The molecule has 2 aromatic carbocycles. The largest absolute Gasteiger partial charge is 0.359 e. The van der Waals surface area contributed by atoms with Crippen LogP contribution in [0.5, 0.6) is 0 Å². The fraction of sp³-hybridized carbons (Fsp3) is 0.133. The van der Waals surface area contributed by atoms with Crippen LogP contribution in [-0.4, -0.2) is 6.03 Å². The number of carbonyl (C=O) groups excluding carboxylic acids is 1. The Morgan fingerprint density at radius 3 is 2.16 bits per heavy atom. The standard InChI is InChI=1S/C15H12N2O2/c16-15(18)17-11-7-3-1-5-9(11)13-14(19-13)10-6-2-4-8-12(10)17/h1-8,13-14H,(H2,16,18)/i1D,2D,3D,4D,7D,8D,13D,14D. The van der Waals surface area contributed by atoms with Gasteiger partial charge in [0, 0.05) is 11.1 Å². The Morgan fingerprint density at radius 1 is 1.16 bits per heavy atom. The molecule has 0 bridgehead atoms. The van der Waals surface area contributed by atoms with Crippen molar-refractivity contribution in [1.29, 1.82) is 0 Å². The highest BCUT2D eigenvalue weighted by molar-refractivity contribution is 6.00. The first-order valence-corrected chi connectivity index (χ1v) is 5.48. The van der Waals surface area contributed by atoms with Gasteiger partial charge in [-0.2, -0.15) is 0 Å². The number of nitrogens with zero attached hydrogens (tertiary/aromatic N) is 1. The summed E-state index contributed by atoms with van der Waals surface area (Å²) in [4.78, 5) is 13.0. The van der Waals surface area contributed by atoms with Crippen molar-refractivity contribution < 1.29 is 20.5 Å². The van der Waals surface area contributed by atoms with Crippen LogP contribution in [0, 0.1) is 0 Å². The molecule has 19 heavy (non-hydrogen) atoms. The lowest BCUT2D eigenvalue weighted by molar-refractivity contribution is 0.256. The zero-order valence-corrected chi connectivity index (χ0v) is 9.50. The molecule has 2 aliphatic rings. The lowest BCUT2D eigenvalue weighted by Gasteiger charge is -2.23. The van der Waals surface area contributed by atoms with Gasteiger partial charge in [-0.15, -0.1) is 0 Å². The molecule has 0 radical (unpaired) electrons. The van der Waals surface area contributed by atoms with Crippen molar-refractivity contribution in [2.45, 2.75) is 12.2 Å². The molecule has 0 saturated carbocycles. The van der Waals surface area contributed by atoms with Crippen molar-refractivity contribution in [2.24, 2.45) is 5.73 Å². The van der Waals surface area contributed by atoms with Gasteiger partial charge >= 0.3 is 6.03 Å². The highest BCUT2D eigenvalue weighted by atomic mass is 16.6. The molecule has 2 aliphatic heterocycles. The third-order valence-electron chi connectivity index (χ3n) is 2.97. The van der Waals surface area contributed by atoms with Gasteiger partial charge in [-0.25, -0.2) is 4.79 Å². The Kier molecular flexibility index (Phi) is 1.01. The number of benzene rings is 2. The van der Waals surface area contributed by atoms with E-state index in [0.29, 0.717) is 4.90 Å². The maximum absolute atomic E-state index is 12.3. The van der Waals surface area contributed by atoms with Crippen LogP contribution in [0.15, 0.2) is 48.4 Å². The number of nitrogens with two attached hydrogens (primary N) is 1. The van der Waals surface area contributed by atoms with Crippen LogP contribution in [0.2, 0.25) is 0 Å². The van der Waals surface area contributed by atoms with E-state index in [9.17, 15) is 4.79 Å². The van der Waals surface area contributed by atoms with Gasteiger partial charge < -0.3 is 10.5 Å². The summed E-state index contributed by atoms with van der Waals surface area (Å²) in [7, 11) is 0. The van der Waals surface area contributed by atoms with Gasteiger partial charge in [0.1, 0.15) is 12.2 Å². The second-order valence-corrected chi connectivity index (χ2v) is 4.04. The van der Waals surface area contributed by atoms with Crippen molar-refractivity contribution in [3.05, 3.63) is 59.5 Å². The Labute approximate surface area is 121 Å². The molecule has 4 nitrogen and oxygen atoms in total. The monoisotopic (exact) mass is 260 g/mol. The van der Waals surface area contributed by atoms with Gasteiger partial charge in [0.2, 0.25) is 0 Å². The summed E-state index contributed by atoms with van der Waals surface area (Å²) >= 11 is 0. The summed E-state index contributed by atoms with van der Waals surface area (Å²) in [5, 5.41) is 0. The van der Waals surface area contributed by atoms with Gasteiger partial charge in [-0.05, 0) is 12.1 Å². The number of amides is 2. The predicted molar refractivity (Wildman–Crippen MR) is 71.2 cm³/mol. The number of hydrogen-bond acceptors (Lipinski definition) is 2. The zero-order chi connectivity index (χ0) is 20.0. The van der Waals surface area contributed by atoms with E-state index in [2.05, 4.69) is 0 Å². The molecule has 2 N–H and O–H groups in total. The van der Waals surface area contributed by atoms with Gasteiger partial charge in [0.15, 0.2) is 0 Å². The summed E-state index contributed by atoms with van der Waals surface area (Å²) in [5.74, 6) is 0. The second-order valence-electron chi connectivity index (χ2n) is 4.04. The molecule has 2 heterocycles. The first-order valence-electron chi connectivity index (χ1n) is 9.48. The second kappa shape index (κ2) is 3.59. The maximum Gasteiger partial charge on any atom is 0.323 e. The lowest BCUT2D eigenvalue weighted by atomic mass is 10.0. The highest BCUT2D eigenvalue weighted by Gasteiger charge is 2.47. The number of anilines is 2. The molecule has 4 rings (SSSR count). The maximum atomic E-state index is 12.3. The summed E-state index contributed by atoms with van der Waals surface area (Å²) in [5.41, 5.74) is 4.43. The van der Waals surface area contributed by atoms with Crippen LogP contribution in [0.3, 0.4) is 0 Å². The van der Waals surface area contributed by atoms with Crippen LogP contribution in [-0.2, 0) is 4.74 Å². The highest BCUT2D eigenvalue weighted by Crippen LogP contribution is 2.58. The van der Waals surface area contributed by atoms with Crippen molar-refractivity contribution in [1.82, 2.24) is 0 Å². The zero-order valence-electron chi connectivity index (χ0n) is 17.5. The van der Waals surface area contributed by atoms with Gasteiger partial charge in [0.05, 0.1) is 22.3 Å². The van der Waals surface area contributed by atoms with E-state index in [1.807, 2.05) is 0 Å². The van der Waals surface area contributed by atoms with E-state index in [1.54, 1.807) is 0 Å². The normalized spacial score (nSPS) is 36.5. The van der Waals surface area contributed by atoms with Crippen LogP contribution in [0.25, 0.3) is 0 Å². The number of urea groups is 1. The number of epoxide rings is 1. The van der Waals surface area contributed by atoms with Gasteiger partial charge in [-0.1, -0.05) is 36.3 Å². The first kappa shape index (κ1) is 5.35. The van der Waals surface area contributed by atoms with Gasteiger partial charge in [-0.3, -0.25) is 4.90 Å². The molecule has 0 spiro atoms. The molecule has 2 unspecified atom stereocenters. The summed E-state index contributed by atoms with van der Waals surface area (Å²) in [6.07, 6.45) is -4.24. The molecule has 2 atom stereocenters. The number of primary amides is 1. The fourth-order valence-electron chi connectivity index (χ4n) is 2.14. The Morgan fingerprint density at radius 2 is 1.68 bits per heavy atom. The molecule has 0 aliphatic carbocycles. The average Bonchev–Trinajstić information content (AvgIpc) is 3.18. The van der Waals surface area contributed by atoms with E-state index in [1.165, 1.54) is 0 Å². The number of ether oxygens (including phenoxy) is 1. The number of hydrogen-bond donors (Lipinski definition) is 1. The van der Waals surface area contributed by atoms with Crippen molar-refractivity contribution in [3.8, 4) is 0 Å².